The van der Waals surface area contributed by atoms with Crippen LogP contribution in [-0.4, -0.2) is 33.0 Å². The fourth-order valence-corrected chi connectivity index (χ4v) is 1.62. The smallest absolute Gasteiger partial charge is 0.203 e. The maximum absolute atomic E-state index is 8.88. The molecular formula is C12H20ClNO4. The highest BCUT2D eigenvalue weighted by molar-refractivity contribution is 5.85. The summed E-state index contributed by atoms with van der Waals surface area (Å²) in [6, 6.07) is 3.33. The number of nitrogens with two attached hydrogens (primary N) is 1. The molecule has 1 rings (SSSR count). The SMILES string of the molecule is COc1cc([C@@H](N)CCO)cc(OC)c1OC.Cl. The van der Waals surface area contributed by atoms with E-state index in [-0.39, 0.29) is 25.1 Å². The first-order valence-electron chi connectivity index (χ1n) is 5.34. The maximum atomic E-state index is 8.88. The van der Waals surface area contributed by atoms with Crippen LogP contribution < -0.4 is 19.9 Å². The Bertz CT molecular complexity index is 348. The van der Waals surface area contributed by atoms with Crippen molar-refractivity contribution in [1.82, 2.24) is 0 Å². The third kappa shape index (κ3) is 3.66. The van der Waals surface area contributed by atoms with E-state index in [9.17, 15) is 0 Å². The predicted octanol–water partition coefficient (Wildman–Crippen LogP) is 1.52. The Morgan fingerprint density at radius 3 is 1.94 bits per heavy atom. The predicted molar refractivity (Wildman–Crippen MR) is 72.0 cm³/mol. The molecule has 0 fully saturated rings. The first-order valence-corrected chi connectivity index (χ1v) is 5.34. The van der Waals surface area contributed by atoms with Crippen molar-refractivity contribution in [2.75, 3.05) is 27.9 Å². The summed E-state index contributed by atoms with van der Waals surface area (Å²) in [7, 11) is 4.66. The van der Waals surface area contributed by atoms with E-state index in [4.69, 9.17) is 25.1 Å². The van der Waals surface area contributed by atoms with Gasteiger partial charge in [0.05, 0.1) is 21.3 Å². The van der Waals surface area contributed by atoms with E-state index in [0.29, 0.717) is 23.7 Å². The molecule has 0 aromatic heterocycles. The van der Waals surface area contributed by atoms with E-state index in [0.717, 1.165) is 5.56 Å². The maximum Gasteiger partial charge on any atom is 0.203 e. The first kappa shape index (κ1) is 16.8. The van der Waals surface area contributed by atoms with Gasteiger partial charge in [-0.2, -0.15) is 0 Å². The summed E-state index contributed by atoms with van der Waals surface area (Å²) in [6.07, 6.45) is 0.485. The van der Waals surface area contributed by atoms with E-state index in [1.165, 1.54) is 0 Å². The van der Waals surface area contributed by atoms with Crippen molar-refractivity contribution < 1.29 is 19.3 Å². The summed E-state index contributed by atoms with van der Waals surface area (Å²) in [4.78, 5) is 0. The molecule has 1 aromatic rings. The van der Waals surface area contributed by atoms with Crippen LogP contribution in [0.2, 0.25) is 0 Å². The van der Waals surface area contributed by atoms with Crippen molar-refractivity contribution in [1.29, 1.82) is 0 Å². The van der Waals surface area contributed by atoms with Gasteiger partial charge in [0, 0.05) is 12.6 Å². The van der Waals surface area contributed by atoms with Gasteiger partial charge in [0.2, 0.25) is 5.75 Å². The molecule has 0 amide bonds. The lowest BCUT2D eigenvalue weighted by molar-refractivity contribution is 0.276. The second kappa shape index (κ2) is 8.02. The van der Waals surface area contributed by atoms with Crippen LogP contribution in [0.5, 0.6) is 17.2 Å². The van der Waals surface area contributed by atoms with Crippen LogP contribution >= 0.6 is 12.4 Å². The Kier molecular flexibility index (Phi) is 7.50. The zero-order chi connectivity index (χ0) is 12.8. The molecule has 0 bridgehead atoms. The number of halogens is 1. The van der Waals surface area contributed by atoms with Crippen molar-refractivity contribution in [2.45, 2.75) is 12.5 Å². The molecule has 5 nitrogen and oxygen atoms in total. The Morgan fingerprint density at radius 2 is 1.61 bits per heavy atom. The number of aliphatic hydroxyl groups excluding tert-OH is 1. The van der Waals surface area contributed by atoms with Crippen LogP contribution in [0, 0.1) is 0 Å². The molecule has 0 unspecified atom stereocenters. The van der Waals surface area contributed by atoms with E-state index in [1.807, 2.05) is 0 Å². The van der Waals surface area contributed by atoms with Gasteiger partial charge in [-0.05, 0) is 24.1 Å². The Morgan fingerprint density at radius 1 is 1.11 bits per heavy atom. The monoisotopic (exact) mass is 277 g/mol. The summed E-state index contributed by atoms with van der Waals surface area (Å²) < 4.78 is 15.7. The highest BCUT2D eigenvalue weighted by Crippen LogP contribution is 2.39. The fraction of sp³-hybridized carbons (Fsp3) is 0.500. The van der Waals surface area contributed by atoms with Crippen LogP contribution in [0.15, 0.2) is 12.1 Å². The third-order valence-corrected chi connectivity index (χ3v) is 2.56. The standard InChI is InChI=1S/C12H19NO4.ClH/c1-15-10-6-8(9(13)4-5-14)7-11(16-2)12(10)17-3;/h6-7,9,14H,4-5,13H2,1-3H3;1H/t9-;/m0./s1. The summed E-state index contributed by atoms with van der Waals surface area (Å²) >= 11 is 0. The molecule has 0 heterocycles. The minimum Gasteiger partial charge on any atom is -0.493 e. The van der Waals surface area contributed by atoms with Gasteiger partial charge in [0.15, 0.2) is 11.5 Å². The Labute approximate surface area is 113 Å². The lowest BCUT2D eigenvalue weighted by Gasteiger charge is -2.17. The molecule has 1 aromatic carbocycles. The second-order valence-corrected chi connectivity index (χ2v) is 3.58. The zero-order valence-corrected chi connectivity index (χ0v) is 11.6. The summed E-state index contributed by atoms with van der Waals surface area (Å²) in [5.41, 5.74) is 6.77. The van der Waals surface area contributed by atoms with Crippen molar-refractivity contribution in [2.24, 2.45) is 5.73 Å². The Balaban J connectivity index is 0.00000289. The van der Waals surface area contributed by atoms with E-state index in [2.05, 4.69) is 0 Å². The minimum atomic E-state index is -0.256. The van der Waals surface area contributed by atoms with E-state index >= 15 is 0 Å². The molecule has 0 radical (unpaired) electrons. The normalized spacial score (nSPS) is 11.4. The Hall–Kier alpha value is -1.17. The molecule has 0 spiro atoms. The highest BCUT2D eigenvalue weighted by atomic mass is 35.5. The minimum absolute atomic E-state index is 0. The van der Waals surface area contributed by atoms with Crippen LogP contribution in [0.3, 0.4) is 0 Å². The molecule has 18 heavy (non-hydrogen) atoms. The number of hydrogen-bond acceptors (Lipinski definition) is 5. The molecule has 0 saturated carbocycles. The topological polar surface area (TPSA) is 73.9 Å². The van der Waals surface area contributed by atoms with E-state index in [1.54, 1.807) is 33.5 Å². The van der Waals surface area contributed by atoms with E-state index < -0.39 is 0 Å². The van der Waals surface area contributed by atoms with Crippen LogP contribution in [0.4, 0.5) is 0 Å². The lowest BCUT2D eigenvalue weighted by atomic mass is 10.0. The second-order valence-electron chi connectivity index (χ2n) is 3.58. The quantitative estimate of drug-likeness (QED) is 0.825. The van der Waals surface area contributed by atoms with Crippen LogP contribution in [0.1, 0.15) is 18.0 Å². The number of methoxy groups -OCH3 is 3. The fourth-order valence-electron chi connectivity index (χ4n) is 1.62. The van der Waals surface area contributed by atoms with Gasteiger partial charge in [0.1, 0.15) is 0 Å². The van der Waals surface area contributed by atoms with Crippen molar-refractivity contribution >= 4 is 12.4 Å². The average molecular weight is 278 g/mol. The molecule has 104 valence electrons. The summed E-state index contributed by atoms with van der Waals surface area (Å²) in [5.74, 6) is 1.67. The molecule has 1 atom stereocenters. The number of rotatable bonds is 6. The average Bonchev–Trinajstić information content (AvgIpc) is 2.37. The molecule has 0 aliphatic heterocycles. The number of ether oxygens (including phenoxy) is 3. The van der Waals surface area contributed by atoms with Gasteiger partial charge in [-0.1, -0.05) is 0 Å². The third-order valence-electron chi connectivity index (χ3n) is 2.56. The lowest BCUT2D eigenvalue weighted by Crippen LogP contribution is -2.12. The first-order chi connectivity index (χ1) is 8.17. The van der Waals surface area contributed by atoms with Crippen molar-refractivity contribution in [3.05, 3.63) is 17.7 Å². The molecule has 0 aliphatic carbocycles. The van der Waals surface area contributed by atoms with Crippen molar-refractivity contribution in [3.8, 4) is 17.2 Å². The van der Waals surface area contributed by atoms with Crippen LogP contribution in [-0.2, 0) is 0 Å². The van der Waals surface area contributed by atoms with Gasteiger partial charge >= 0.3 is 0 Å². The molecular weight excluding hydrogens is 258 g/mol. The summed E-state index contributed by atoms with van der Waals surface area (Å²) in [5, 5.41) is 8.88. The highest BCUT2D eigenvalue weighted by Gasteiger charge is 2.16. The largest absolute Gasteiger partial charge is 0.493 e. The number of benzene rings is 1. The molecule has 6 heteroatoms. The number of aliphatic hydroxyl groups is 1. The van der Waals surface area contributed by atoms with Crippen LogP contribution in [0.25, 0.3) is 0 Å². The van der Waals surface area contributed by atoms with Gasteiger partial charge < -0.3 is 25.1 Å². The van der Waals surface area contributed by atoms with Gasteiger partial charge in [-0.3, -0.25) is 0 Å². The number of hydrogen-bond donors (Lipinski definition) is 2. The zero-order valence-electron chi connectivity index (χ0n) is 10.8. The van der Waals surface area contributed by atoms with Gasteiger partial charge in [-0.25, -0.2) is 0 Å². The van der Waals surface area contributed by atoms with Gasteiger partial charge in [-0.15, -0.1) is 12.4 Å². The van der Waals surface area contributed by atoms with Gasteiger partial charge in [0.25, 0.3) is 0 Å². The summed E-state index contributed by atoms with van der Waals surface area (Å²) in [6.45, 7) is 0.0395. The van der Waals surface area contributed by atoms with Crippen molar-refractivity contribution in [3.63, 3.8) is 0 Å². The molecule has 0 aliphatic rings. The molecule has 0 saturated heterocycles. The molecule has 3 N–H and O–H groups in total.